The highest BCUT2D eigenvalue weighted by Gasteiger charge is 2.24. The lowest BCUT2D eigenvalue weighted by Gasteiger charge is -2.29. The van der Waals surface area contributed by atoms with E-state index in [1.54, 1.807) is 12.1 Å². The monoisotopic (exact) mass is 417 g/mol. The Morgan fingerprint density at radius 3 is 2.47 bits per heavy atom. The van der Waals surface area contributed by atoms with Crippen LogP contribution >= 0.6 is 0 Å². The van der Waals surface area contributed by atoms with Crippen LogP contribution in [0.5, 0.6) is 5.75 Å². The number of aromatic hydroxyl groups is 1. The molecule has 1 N–H and O–H groups in total. The average molecular weight is 417 g/mol. The van der Waals surface area contributed by atoms with Crippen LogP contribution < -0.4 is 10.5 Å². The van der Waals surface area contributed by atoms with E-state index in [0.29, 0.717) is 44.5 Å². The predicted octanol–water partition coefficient (Wildman–Crippen LogP) is 2.13. The average Bonchev–Trinajstić information content (AvgIpc) is 3.24. The molecule has 0 aliphatic carbocycles. The molecule has 0 saturated carbocycles. The molecular formula is C20H24FN5O4. The zero-order valence-electron chi connectivity index (χ0n) is 17.1. The highest BCUT2D eigenvalue weighted by atomic mass is 19.1. The second-order valence-corrected chi connectivity index (χ2v) is 6.39. The van der Waals surface area contributed by atoms with Crippen molar-refractivity contribution in [3.05, 3.63) is 51.8 Å². The SMILES string of the molecule is CC.Cn1c(N2CCOCC2)nc(-c2nc(Cc3ccc(F)cc3)no2)c(O)c1=O. The number of nitrogens with zero attached hydrogens (tertiary/aromatic N) is 5. The summed E-state index contributed by atoms with van der Waals surface area (Å²) in [5.41, 5.74) is 0.121. The second kappa shape index (κ2) is 9.49. The fourth-order valence-electron chi connectivity index (χ4n) is 2.98. The Kier molecular flexibility index (Phi) is 6.78. The lowest BCUT2D eigenvalue weighted by Crippen LogP contribution is -2.40. The maximum atomic E-state index is 13.0. The van der Waals surface area contributed by atoms with Crippen LogP contribution in [0.3, 0.4) is 0 Å². The molecule has 0 radical (unpaired) electrons. The minimum atomic E-state index is -0.607. The minimum Gasteiger partial charge on any atom is -0.501 e. The van der Waals surface area contributed by atoms with Crippen molar-refractivity contribution in [2.24, 2.45) is 7.05 Å². The number of hydrogen-bond acceptors (Lipinski definition) is 8. The van der Waals surface area contributed by atoms with Crippen molar-refractivity contribution in [2.45, 2.75) is 20.3 Å². The summed E-state index contributed by atoms with van der Waals surface area (Å²) in [6.45, 7) is 6.19. The Morgan fingerprint density at radius 2 is 1.80 bits per heavy atom. The highest BCUT2D eigenvalue weighted by Crippen LogP contribution is 2.25. The summed E-state index contributed by atoms with van der Waals surface area (Å²) in [4.78, 5) is 23.0. The van der Waals surface area contributed by atoms with Gasteiger partial charge < -0.3 is 19.3 Å². The zero-order valence-corrected chi connectivity index (χ0v) is 17.1. The van der Waals surface area contributed by atoms with Gasteiger partial charge in [-0.2, -0.15) is 4.98 Å². The molecule has 2 aromatic heterocycles. The van der Waals surface area contributed by atoms with Gasteiger partial charge in [0.25, 0.3) is 11.4 Å². The number of benzene rings is 1. The Balaban J connectivity index is 0.00000124. The van der Waals surface area contributed by atoms with Crippen LogP contribution in [0, 0.1) is 5.82 Å². The number of hydrogen-bond donors (Lipinski definition) is 1. The molecule has 1 aromatic carbocycles. The zero-order chi connectivity index (χ0) is 21.7. The van der Waals surface area contributed by atoms with Crippen LogP contribution in [0.4, 0.5) is 10.3 Å². The van der Waals surface area contributed by atoms with Crippen molar-refractivity contribution in [3.8, 4) is 17.3 Å². The third kappa shape index (κ3) is 4.48. The molecule has 160 valence electrons. The molecule has 10 heteroatoms. The first-order valence-corrected chi connectivity index (χ1v) is 9.73. The molecule has 0 bridgehead atoms. The van der Waals surface area contributed by atoms with Crippen LogP contribution in [0.15, 0.2) is 33.6 Å². The highest BCUT2D eigenvalue weighted by molar-refractivity contribution is 5.58. The third-order valence-corrected chi connectivity index (χ3v) is 4.48. The van der Waals surface area contributed by atoms with Crippen LogP contribution in [0.2, 0.25) is 0 Å². The summed E-state index contributed by atoms with van der Waals surface area (Å²) in [6, 6.07) is 5.93. The van der Waals surface area contributed by atoms with E-state index >= 15 is 0 Å². The molecule has 1 fully saturated rings. The van der Waals surface area contributed by atoms with Gasteiger partial charge in [-0.25, -0.2) is 9.37 Å². The lowest BCUT2D eigenvalue weighted by atomic mass is 10.1. The van der Waals surface area contributed by atoms with E-state index in [0.717, 1.165) is 5.56 Å². The quantitative estimate of drug-likeness (QED) is 0.688. The molecule has 1 aliphatic heterocycles. The molecule has 1 saturated heterocycles. The van der Waals surface area contributed by atoms with Gasteiger partial charge in [-0.05, 0) is 17.7 Å². The summed E-state index contributed by atoms with van der Waals surface area (Å²) in [5, 5.41) is 14.1. The molecule has 0 unspecified atom stereocenters. The van der Waals surface area contributed by atoms with E-state index in [9.17, 15) is 14.3 Å². The minimum absolute atomic E-state index is 0.0539. The maximum absolute atomic E-state index is 13.0. The van der Waals surface area contributed by atoms with Gasteiger partial charge in [0.1, 0.15) is 5.82 Å². The van der Waals surface area contributed by atoms with Gasteiger partial charge in [0.15, 0.2) is 11.5 Å². The fourth-order valence-corrected chi connectivity index (χ4v) is 2.98. The van der Waals surface area contributed by atoms with Crippen molar-refractivity contribution in [1.82, 2.24) is 19.7 Å². The summed E-state index contributed by atoms with van der Waals surface area (Å²) in [6.07, 6.45) is 0.311. The van der Waals surface area contributed by atoms with E-state index < -0.39 is 11.3 Å². The van der Waals surface area contributed by atoms with E-state index in [2.05, 4.69) is 15.1 Å². The summed E-state index contributed by atoms with van der Waals surface area (Å²) >= 11 is 0. The summed E-state index contributed by atoms with van der Waals surface area (Å²) in [7, 11) is 1.54. The number of halogens is 1. The smallest absolute Gasteiger partial charge is 0.297 e. The first kappa shape index (κ1) is 21.4. The molecule has 3 aromatic rings. The van der Waals surface area contributed by atoms with Crippen molar-refractivity contribution >= 4 is 5.95 Å². The van der Waals surface area contributed by atoms with Crippen LogP contribution in [0.1, 0.15) is 25.2 Å². The number of ether oxygens (including phenoxy) is 1. The molecule has 3 heterocycles. The molecule has 1 aliphatic rings. The van der Waals surface area contributed by atoms with Gasteiger partial charge in [-0.3, -0.25) is 9.36 Å². The second-order valence-electron chi connectivity index (χ2n) is 6.39. The van der Waals surface area contributed by atoms with Gasteiger partial charge in [-0.1, -0.05) is 31.1 Å². The molecular weight excluding hydrogens is 393 g/mol. The normalized spacial score (nSPS) is 13.7. The first-order valence-electron chi connectivity index (χ1n) is 9.73. The van der Waals surface area contributed by atoms with Gasteiger partial charge in [0.2, 0.25) is 11.7 Å². The standard InChI is InChI=1S/C18H18FN5O4.C2H6/c1-23-17(26)15(25)14(21-18(23)24-6-8-27-9-7-24)16-20-13(22-28-16)10-11-2-4-12(19)5-3-11;1-2/h2-5,25H,6-10H2,1H3;1-2H3. The van der Waals surface area contributed by atoms with E-state index in [4.69, 9.17) is 9.26 Å². The van der Waals surface area contributed by atoms with E-state index in [-0.39, 0.29) is 17.4 Å². The number of anilines is 1. The number of aromatic nitrogens is 4. The van der Waals surface area contributed by atoms with Gasteiger partial charge in [-0.15, -0.1) is 0 Å². The van der Waals surface area contributed by atoms with Gasteiger partial charge in [0.05, 0.1) is 13.2 Å². The van der Waals surface area contributed by atoms with Crippen LogP contribution in [-0.4, -0.2) is 51.1 Å². The predicted molar refractivity (Wildman–Crippen MR) is 108 cm³/mol. The Hall–Kier alpha value is -3.27. The maximum Gasteiger partial charge on any atom is 0.297 e. The topological polar surface area (TPSA) is 107 Å². The largest absolute Gasteiger partial charge is 0.501 e. The Bertz CT molecular complexity index is 1040. The first-order chi connectivity index (χ1) is 14.5. The Morgan fingerprint density at radius 1 is 1.13 bits per heavy atom. The van der Waals surface area contributed by atoms with Crippen LogP contribution in [0.25, 0.3) is 11.6 Å². The third-order valence-electron chi connectivity index (χ3n) is 4.48. The van der Waals surface area contributed by atoms with Gasteiger partial charge >= 0.3 is 0 Å². The Labute approximate surface area is 172 Å². The molecule has 0 amide bonds. The molecule has 0 spiro atoms. The number of rotatable bonds is 4. The van der Waals surface area contributed by atoms with E-state index in [1.165, 1.54) is 23.7 Å². The summed E-state index contributed by atoms with van der Waals surface area (Å²) < 4.78 is 24.8. The molecule has 9 nitrogen and oxygen atoms in total. The van der Waals surface area contributed by atoms with Crippen molar-refractivity contribution in [3.63, 3.8) is 0 Å². The molecule has 0 atom stereocenters. The molecule has 4 rings (SSSR count). The van der Waals surface area contributed by atoms with Gasteiger partial charge in [0, 0.05) is 26.6 Å². The molecule has 30 heavy (non-hydrogen) atoms. The fraction of sp³-hybridized carbons (Fsp3) is 0.400. The van der Waals surface area contributed by atoms with E-state index in [1.807, 2.05) is 18.7 Å². The van der Waals surface area contributed by atoms with Crippen molar-refractivity contribution in [1.29, 1.82) is 0 Å². The lowest BCUT2D eigenvalue weighted by molar-refractivity contribution is 0.121. The summed E-state index contributed by atoms with van der Waals surface area (Å²) in [5.74, 6) is -0.225. The van der Waals surface area contributed by atoms with Crippen LogP contribution in [-0.2, 0) is 18.2 Å². The van der Waals surface area contributed by atoms with Crippen molar-refractivity contribution in [2.75, 3.05) is 31.2 Å². The van der Waals surface area contributed by atoms with Crippen molar-refractivity contribution < 1.29 is 18.8 Å². The number of morpholine rings is 1.